The summed E-state index contributed by atoms with van der Waals surface area (Å²) in [5, 5.41) is 16.8. The van der Waals surface area contributed by atoms with Crippen LogP contribution in [0.25, 0.3) is 21.7 Å². The minimum atomic E-state index is 0.495. The van der Waals surface area contributed by atoms with Crippen molar-refractivity contribution in [2.24, 2.45) is 10.3 Å². The predicted molar refractivity (Wildman–Crippen MR) is 113 cm³/mol. The topological polar surface area (TPSA) is 98.4 Å². The van der Waals surface area contributed by atoms with Crippen LogP contribution in [0.5, 0.6) is 0 Å². The Bertz CT molecular complexity index is 1220. The molecule has 4 rings (SSSR count). The second-order valence-corrected chi connectivity index (χ2v) is 6.48. The van der Waals surface area contributed by atoms with Crippen LogP contribution < -0.4 is 10.6 Å². The van der Waals surface area contributed by atoms with Crippen LogP contribution in [0.15, 0.2) is 71.2 Å². The van der Waals surface area contributed by atoms with Gasteiger partial charge < -0.3 is 10.6 Å². The summed E-state index contributed by atoms with van der Waals surface area (Å²) in [4.78, 5) is 9.10. The molecule has 2 aromatic heterocycles. The number of hydrogen-bond acceptors (Lipinski definition) is 5. The van der Waals surface area contributed by atoms with Gasteiger partial charge in [-0.2, -0.15) is 5.53 Å². The number of halogens is 1. The van der Waals surface area contributed by atoms with Gasteiger partial charge in [-0.1, -0.05) is 35.0 Å². The highest BCUT2D eigenvalue weighted by Crippen LogP contribution is 2.31. The maximum absolute atomic E-state index is 6.99. The highest BCUT2D eigenvalue weighted by molar-refractivity contribution is 6.30. The highest BCUT2D eigenvalue weighted by Gasteiger charge is 2.11. The average Bonchev–Trinajstić information content (AvgIpc) is 2.72. The molecule has 0 radical (unpaired) electrons. The molecular formula is C20H16ClN7. The van der Waals surface area contributed by atoms with Gasteiger partial charge in [-0.15, -0.1) is 5.10 Å². The second-order valence-electron chi connectivity index (χ2n) is 6.05. The number of anilines is 2. The van der Waals surface area contributed by atoms with Crippen LogP contribution in [0.2, 0.25) is 5.02 Å². The molecule has 0 aliphatic rings. The molecule has 2 aromatic carbocycles. The fraction of sp³-hybridized carbons (Fsp3) is 0.0500. The number of aromatic nitrogens is 2. The number of nitrogens with zero attached hydrogens (tertiary/aromatic N) is 4. The van der Waals surface area contributed by atoms with Gasteiger partial charge in [0.1, 0.15) is 5.82 Å². The quantitative estimate of drug-likeness (QED) is 0.149. The lowest BCUT2D eigenvalue weighted by Gasteiger charge is -2.13. The smallest absolute Gasteiger partial charge is 0.157 e. The summed E-state index contributed by atoms with van der Waals surface area (Å²) in [6.07, 6.45) is 3.57. The molecule has 0 spiro atoms. The summed E-state index contributed by atoms with van der Waals surface area (Å²) in [6, 6.07) is 15.2. The Kier molecular flexibility index (Phi) is 4.82. The molecule has 0 atom stereocenters. The molecule has 8 heteroatoms. The van der Waals surface area contributed by atoms with E-state index in [1.807, 2.05) is 54.7 Å². The van der Waals surface area contributed by atoms with E-state index in [1.165, 1.54) is 0 Å². The lowest BCUT2D eigenvalue weighted by molar-refractivity contribution is 0.967. The Balaban J connectivity index is 1.92. The van der Waals surface area contributed by atoms with E-state index in [0.29, 0.717) is 16.7 Å². The van der Waals surface area contributed by atoms with Crippen molar-refractivity contribution >= 4 is 50.6 Å². The molecule has 3 N–H and O–H groups in total. The van der Waals surface area contributed by atoms with Crippen LogP contribution in [0, 0.1) is 5.53 Å². The first-order valence-electron chi connectivity index (χ1n) is 8.52. The van der Waals surface area contributed by atoms with Gasteiger partial charge in [0.2, 0.25) is 0 Å². The zero-order valence-electron chi connectivity index (χ0n) is 14.9. The molecule has 0 saturated heterocycles. The summed E-state index contributed by atoms with van der Waals surface area (Å²) in [5.74, 6) is 1.20. The van der Waals surface area contributed by atoms with Crippen LogP contribution >= 0.6 is 11.6 Å². The van der Waals surface area contributed by atoms with Gasteiger partial charge in [-0.25, -0.2) is 4.98 Å². The van der Waals surface area contributed by atoms with Crippen LogP contribution in [0.3, 0.4) is 0 Å². The fourth-order valence-electron chi connectivity index (χ4n) is 3.10. The Labute approximate surface area is 166 Å². The molecule has 0 fully saturated rings. The minimum absolute atomic E-state index is 0.495. The Morgan fingerprint density at radius 1 is 1.07 bits per heavy atom. The lowest BCUT2D eigenvalue weighted by atomic mass is 10.1. The van der Waals surface area contributed by atoms with Gasteiger partial charge in [-0.05, 0) is 30.3 Å². The first-order chi connectivity index (χ1) is 13.7. The van der Waals surface area contributed by atoms with Crippen LogP contribution in [0.1, 0.15) is 5.56 Å². The van der Waals surface area contributed by atoms with E-state index in [9.17, 15) is 0 Å². The highest BCUT2D eigenvalue weighted by atomic mass is 35.5. The summed E-state index contributed by atoms with van der Waals surface area (Å²) in [6.45, 7) is 0. The van der Waals surface area contributed by atoms with E-state index in [0.717, 1.165) is 32.9 Å². The van der Waals surface area contributed by atoms with Crippen LogP contribution in [0.4, 0.5) is 11.5 Å². The molecule has 0 aliphatic carbocycles. The third-order valence-corrected chi connectivity index (χ3v) is 4.58. The SMILES string of the molecule is CN/C(=N\N=N)c1ccc2c(c1)nc(Nc1cccc(Cl)c1)c1ccncc12. The van der Waals surface area contributed by atoms with Crippen molar-refractivity contribution in [1.82, 2.24) is 15.3 Å². The number of rotatable bonds is 4. The Morgan fingerprint density at radius 2 is 1.96 bits per heavy atom. The third-order valence-electron chi connectivity index (χ3n) is 4.34. The number of benzene rings is 2. The van der Waals surface area contributed by atoms with E-state index < -0.39 is 0 Å². The largest absolute Gasteiger partial charge is 0.371 e. The van der Waals surface area contributed by atoms with Crippen molar-refractivity contribution in [2.45, 2.75) is 0 Å². The van der Waals surface area contributed by atoms with Crippen molar-refractivity contribution in [2.75, 3.05) is 12.4 Å². The number of hydrogen-bond donors (Lipinski definition) is 3. The molecule has 138 valence electrons. The third kappa shape index (κ3) is 3.35. The first-order valence-corrected chi connectivity index (χ1v) is 8.90. The standard InChI is InChI=1S/C20H16ClN7/c1-23-19(27-28-22)12-5-6-15-17-11-24-8-7-16(17)20(26-18(15)9-12)25-14-4-2-3-13(21)10-14/h2-11H,1H3,(H,25,26)(H2,22,23,27). The van der Waals surface area contributed by atoms with E-state index in [-0.39, 0.29) is 0 Å². The van der Waals surface area contributed by atoms with Crippen molar-refractivity contribution in [3.8, 4) is 0 Å². The normalized spacial score (nSPS) is 11.6. The molecule has 0 unspecified atom stereocenters. The van der Waals surface area contributed by atoms with Crippen LogP contribution in [-0.2, 0) is 0 Å². The fourth-order valence-corrected chi connectivity index (χ4v) is 3.29. The van der Waals surface area contributed by atoms with E-state index >= 15 is 0 Å². The molecular weight excluding hydrogens is 374 g/mol. The van der Waals surface area contributed by atoms with Gasteiger partial charge >= 0.3 is 0 Å². The molecule has 0 bridgehead atoms. The number of amidine groups is 1. The van der Waals surface area contributed by atoms with Crippen LogP contribution in [-0.4, -0.2) is 22.9 Å². The molecule has 0 aliphatic heterocycles. The monoisotopic (exact) mass is 389 g/mol. The first kappa shape index (κ1) is 17.8. The zero-order chi connectivity index (χ0) is 19.5. The summed E-state index contributed by atoms with van der Waals surface area (Å²) in [7, 11) is 1.73. The van der Waals surface area contributed by atoms with E-state index in [2.05, 4.69) is 25.9 Å². The molecule has 0 saturated carbocycles. The van der Waals surface area contributed by atoms with Gasteiger partial charge in [0.15, 0.2) is 5.84 Å². The molecule has 4 aromatic rings. The van der Waals surface area contributed by atoms with Gasteiger partial charge in [0.25, 0.3) is 0 Å². The number of pyridine rings is 2. The number of nitrogens with one attached hydrogen (secondary N) is 3. The molecule has 0 amide bonds. The van der Waals surface area contributed by atoms with Crippen molar-refractivity contribution < 1.29 is 0 Å². The predicted octanol–water partition coefficient (Wildman–Crippen LogP) is 5.09. The lowest BCUT2D eigenvalue weighted by Crippen LogP contribution is -2.19. The van der Waals surface area contributed by atoms with Gasteiger partial charge in [0.05, 0.1) is 5.52 Å². The van der Waals surface area contributed by atoms with Crippen molar-refractivity contribution in [3.05, 3.63) is 71.5 Å². The summed E-state index contributed by atoms with van der Waals surface area (Å²) >= 11 is 6.11. The maximum Gasteiger partial charge on any atom is 0.157 e. The maximum atomic E-state index is 6.99. The zero-order valence-corrected chi connectivity index (χ0v) is 15.7. The van der Waals surface area contributed by atoms with E-state index in [1.54, 1.807) is 13.2 Å². The van der Waals surface area contributed by atoms with Gasteiger partial charge in [-0.3, -0.25) is 4.98 Å². The average molecular weight is 390 g/mol. The van der Waals surface area contributed by atoms with E-state index in [4.69, 9.17) is 22.1 Å². The van der Waals surface area contributed by atoms with Crippen molar-refractivity contribution in [3.63, 3.8) is 0 Å². The Hall–Kier alpha value is -3.58. The molecule has 7 nitrogen and oxygen atoms in total. The molecule has 2 heterocycles. The number of fused-ring (bicyclic) bond motifs is 3. The second kappa shape index (κ2) is 7.58. The summed E-state index contributed by atoms with van der Waals surface area (Å²) in [5.41, 5.74) is 9.39. The van der Waals surface area contributed by atoms with Gasteiger partial charge in [0, 0.05) is 51.9 Å². The summed E-state index contributed by atoms with van der Waals surface area (Å²) < 4.78 is 0. The molecule has 28 heavy (non-hydrogen) atoms. The Morgan fingerprint density at radius 3 is 2.75 bits per heavy atom. The van der Waals surface area contributed by atoms with Crippen molar-refractivity contribution in [1.29, 1.82) is 5.53 Å². The minimum Gasteiger partial charge on any atom is -0.371 e.